The molecule has 0 N–H and O–H groups in total. The maximum atomic E-state index is 13.0. The van der Waals surface area contributed by atoms with Crippen LogP contribution in [0.1, 0.15) is 30.4 Å². The van der Waals surface area contributed by atoms with Gasteiger partial charge in [-0.15, -0.1) is 0 Å². The molecular weight excluding hydrogens is 329 g/mol. The molecular formula is C21H24FN3O. The number of nitrogens with zero attached hydrogens (tertiary/aromatic N) is 3. The highest BCUT2D eigenvalue weighted by Gasteiger charge is 2.26. The zero-order valence-corrected chi connectivity index (χ0v) is 14.9. The number of benzene rings is 1. The van der Waals surface area contributed by atoms with Gasteiger partial charge in [0.25, 0.3) is 0 Å². The molecule has 0 aliphatic carbocycles. The minimum absolute atomic E-state index is 0.276. The van der Waals surface area contributed by atoms with E-state index in [2.05, 4.69) is 28.1 Å². The van der Waals surface area contributed by atoms with E-state index < -0.39 is 0 Å². The number of amides is 1. The first-order valence-electron chi connectivity index (χ1n) is 9.40. The minimum atomic E-state index is -0.308. The number of hydrogen-bond donors (Lipinski definition) is 0. The minimum Gasteiger partial charge on any atom is -0.357 e. The Hall–Kier alpha value is -2.43. The van der Waals surface area contributed by atoms with Crippen LogP contribution < -0.4 is 4.90 Å². The van der Waals surface area contributed by atoms with Crippen LogP contribution in [0.25, 0.3) is 0 Å². The lowest BCUT2D eigenvalue weighted by atomic mass is 9.92. The Morgan fingerprint density at radius 2 is 1.85 bits per heavy atom. The average molecular weight is 353 g/mol. The molecule has 0 radical (unpaired) electrons. The molecule has 5 heteroatoms. The third kappa shape index (κ3) is 3.71. The smallest absolute Gasteiger partial charge is 0.223 e. The average Bonchev–Trinajstić information content (AvgIpc) is 2.69. The summed E-state index contributed by atoms with van der Waals surface area (Å²) in [7, 11) is 0. The SMILES string of the molecule is O=C(CC1CCN(c2ccc(F)cn2)CC1)N1CCc2ccccc2C1. The van der Waals surface area contributed by atoms with E-state index in [1.807, 2.05) is 11.0 Å². The molecule has 4 nitrogen and oxygen atoms in total. The van der Waals surface area contributed by atoms with E-state index >= 15 is 0 Å². The Balaban J connectivity index is 1.29. The fourth-order valence-electron chi connectivity index (χ4n) is 4.01. The van der Waals surface area contributed by atoms with E-state index in [1.165, 1.54) is 23.4 Å². The van der Waals surface area contributed by atoms with Gasteiger partial charge >= 0.3 is 0 Å². The molecule has 0 saturated carbocycles. The number of carbonyl (C=O) groups excluding carboxylic acids is 1. The standard InChI is InChI=1S/C21H24FN3O/c22-19-5-6-20(23-14-19)24-10-7-16(8-11-24)13-21(26)25-12-9-17-3-1-2-4-18(17)15-25/h1-6,14,16H,7-13,15H2. The van der Waals surface area contributed by atoms with Gasteiger partial charge in [-0.2, -0.15) is 0 Å². The molecule has 2 aliphatic rings. The van der Waals surface area contributed by atoms with E-state index in [0.717, 1.165) is 51.3 Å². The van der Waals surface area contributed by atoms with Crippen molar-refractivity contribution in [2.24, 2.45) is 5.92 Å². The zero-order chi connectivity index (χ0) is 17.9. The van der Waals surface area contributed by atoms with Crippen molar-refractivity contribution < 1.29 is 9.18 Å². The second-order valence-corrected chi connectivity index (χ2v) is 7.30. The van der Waals surface area contributed by atoms with Crippen molar-refractivity contribution in [2.45, 2.75) is 32.2 Å². The molecule has 3 heterocycles. The molecule has 136 valence electrons. The first-order valence-corrected chi connectivity index (χ1v) is 9.40. The number of fused-ring (bicyclic) bond motifs is 1. The van der Waals surface area contributed by atoms with E-state index in [-0.39, 0.29) is 11.7 Å². The quantitative estimate of drug-likeness (QED) is 0.848. The number of rotatable bonds is 3. The Bertz CT molecular complexity index is 769. The summed E-state index contributed by atoms with van der Waals surface area (Å²) in [5.41, 5.74) is 2.65. The predicted molar refractivity (Wildman–Crippen MR) is 99.3 cm³/mol. The number of pyridine rings is 1. The van der Waals surface area contributed by atoms with Crippen LogP contribution in [0.15, 0.2) is 42.6 Å². The Labute approximate surface area is 153 Å². The molecule has 1 fully saturated rings. The maximum Gasteiger partial charge on any atom is 0.223 e. The van der Waals surface area contributed by atoms with Gasteiger partial charge < -0.3 is 9.80 Å². The molecule has 4 rings (SSSR count). The highest BCUT2D eigenvalue weighted by molar-refractivity contribution is 5.76. The van der Waals surface area contributed by atoms with Crippen LogP contribution in [0.4, 0.5) is 10.2 Å². The molecule has 1 aromatic carbocycles. The summed E-state index contributed by atoms with van der Waals surface area (Å²) < 4.78 is 13.0. The fourth-order valence-corrected chi connectivity index (χ4v) is 4.01. The number of piperidine rings is 1. The van der Waals surface area contributed by atoms with Crippen LogP contribution in [0.3, 0.4) is 0 Å². The summed E-state index contributed by atoms with van der Waals surface area (Å²) in [6.45, 7) is 3.32. The summed E-state index contributed by atoms with van der Waals surface area (Å²) in [6, 6.07) is 11.6. The lowest BCUT2D eigenvalue weighted by Gasteiger charge is -2.34. The first-order chi connectivity index (χ1) is 12.7. The molecule has 0 bridgehead atoms. The third-order valence-corrected chi connectivity index (χ3v) is 5.60. The largest absolute Gasteiger partial charge is 0.357 e. The molecule has 0 unspecified atom stereocenters. The third-order valence-electron chi connectivity index (χ3n) is 5.60. The second-order valence-electron chi connectivity index (χ2n) is 7.30. The van der Waals surface area contributed by atoms with Gasteiger partial charge in [0.05, 0.1) is 6.20 Å². The van der Waals surface area contributed by atoms with Crippen molar-refractivity contribution in [3.8, 4) is 0 Å². The van der Waals surface area contributed by atoms with Crippen molar-refractivity contribution in [1.29, 1.82) is 0 Å². The molecule has 26 heavy (non-hydrogen) atoms. The first kappa shape index (κ1) is 17.0. The molecule has 0 spiro atoms. The van der Waals surface area contributed by atoms with E-state index in [0.29, 0.717) is 12.3 Å². The summed E-state index contributed by atoms with van der Waals surface area (Å²) in [6.07, 6.45) is 4.81. The molecule has 0 atom stereocenters. The van der Waals surface area contributed by atoms with Crippen molar-refractivity contribution in [1.82, 2.24) is 9.88 Å². The van der Waals surface area contributed by atoms with Crippen molar-refractivity contribution >= 4 is 11.7 Å². The molecule has 1 amide bonds. The highest BCUT2D eigenvalue weighted by atomic mass is 19.1. The van der Waals surface area contributed by atoms with Gasteiger partial charge in [0.15, 0.2) is 0 Å². The van der Waals surface area contributed by atoms with Gasteiger partial charge in [-0.25, -0.2) is 9.37 Å². The summed E-state index contributed by atoms with van der Waals surface area (Å²) >= 11 is 0. The number of aromatic nitrogens is 1. The maximum absolute atomic E-state index is 13.0. The Kier molecular flexibility index (Phi) is 4.87. The van der Waals surface area contributed by atoms with Crippen LogP contribution in [-0.4, -0.2) is 35.4 Å². The number of hydrogen-bond acceptors (Lipinski definition) is 3. The van der Waals surface area contributed by atoms with E-state index in [9.17, 15) is 9.18 Å². The fraction of sp³-hybridized carbons (Fsp3) is 0.429. The van der Waals surface area contributed by atoms with E-state index in [1.54, 1.807) is 6.07 Å². The van der Waals surface area contributed by atoms with E-state index in [4.69, 9.17) is 0 Å². The molecule has 2 aromatic rings. The Morgan fingerprint density at radius 1 is 1.08 bits per heavy atom. The van der Waals surface area contributed by atoms with Gasteiger partial charge in [0, 0.05) is 32.6 Å². The second kappa shape index (κ2) is 7.44. The van der Waals surface area contributed by atoms with Crippen LogP contribution >= 0.6 is 0 Å². The monoisotopic (exact) mass is 353 g/mol. The lowest BCUT2D eigenvalue weighted by Crippen LogP contribution is -2.39. The normalized spacial score (nSPS) is 17.9. The lowest BCUT2D eigenvalue weighted by molar-refractivity contribution is -0.133. The van der Waals surface area contributed by atoms with Gasteiger partial charge in [-0.05, 0) is 48.4 Å². The van der Waals surface area contributed by atoms with Gasteiger partial charge in [-0.3, -0.25) is 4.79 Å². The van der Waals surface area contributed by atoms with Crippen molar-refractivity contribution in [3.05, 3.63) is 59.5 Å². The molecule has 2 aliphatic heterocycles. The number of halogens is 1. The van der Waals surface area contributed by atoms with Crippen LogP contribution in [0.5, 0.6) is 0 Å². The number of carbonyl (C=O) groups is 1. The topological polar surface area (TPSA) is 36.4 Å². The summed E-state index contributed by atoms with van der Waals surface area (Å²) in [5.74, 6) is 1.22. The molecule has 1 aromatic heterocycles. The predicted octanol–water partition coefficient (Wildman–Crippen LogP) is 3.41. The zero-order valence-electron chi connectivity index (χ0n) is 14.9. The van der Waals surface area contributed by atoms with Gasteiger partial charge in [0.1, 0.15) is 11.6 Å². The van der Waals surface area contributed by atoms with Gasteiger partial charge in [-0.1, -0.05) is 24.3 Å². The highest BCUT2D eigenvalue weighted by Crippen LogP contribution is 2.26. The van der Waals surface area contributed by atoms with Gasteiger partial charge in [0.2, 0.25) is 5.91 Å². The number of anilines is 1. The van der Waals surface area contributed by atoms with Crippen LogP contribution in [0, 0.1) is 11.7 Å². The molecule has 1 saturated heterocycles. The van der Waals surface area contributed by atoms with Crippen LogP contribution in [-0.2, 0) is 17.8 Å². The summed E-state index contributed by atoms with van der Waals surface area (Å²) in [5, 5.41) is 0. The Morgan fingerprint density at radius 3 is 2.58 bits per heavy atom. The van der Waals surface area contributed by atoms with Crippen molar-refractivity contribution in [2.75, 3.05) is 24.5 Å². The summed E-state index contributed by atoms with van der Waals surface area (Å²) in [4.78, 5) is 21.1. The van der Waals surface area contributed by atoms with Crippen molar-refractivity contribution in [3.63, 3.8) is 0 Å². The van der Waals surface area contributed by atoms with Crippen LogP contribution in [0.2, 0.25) is 0 Å².